The lowest BCUT2D eigenvalue weighted by Gasteiger charge is -2.36. The molecular formula is C22H31ClN4O2. The summed E-state index contributed by atoms with van der Waals surface area (Å²) in [4.78, 5) is 9.43. The first-order valence-corrected chi connectivity index (χ1v) is 10.1. The number of hydrogen-bond acceptors (Lipinski definition) is 6. The third-order valence-corrected chi connectivity index (χ3v) is 6.04. The summed E-state index contributed by atoms with van der Waals surface area (Å²) in [7, 11) is 3.39. The second-order valence-electron chi connectivity index (χ2n) is 7.64. The minimum Gasteiger partial charge on any atom is -0.493 e. The molecule has 2 aliphatic heterocycles. The molecule has 0 amide bonds. The molecular weight excluding hydrogens is 388 g/mol. The van der Waals surface area contributed by atoms with Crippen molar-refractivity contribution in [2.75, 3.05) is 57.2 Å². The normalized spacial score (nSPS) is 21.1. The van der Waals surface area contributed by atoms with Crippen LogP contribution in [-0.2, 0) is 0 Å². The van der Waals surface area contributed by atoms with Gasteiger partial charge in [0.05, 0.1) is 14.2 Å². The largest absolute Gasteiger partial charge is 0.493 e. The zero-order valence-electron chi connectivity index (χ0n) is 17.4. The van der Waals surface area contributed by atoms with Crippen LogP contribution < -0.4 is 19.7 Å². The summed E-state index contributed by atoms with van der Waals surface area (Å²) in [6.45, 7) is 7.63. The highest BCUT2D eigenvalue weighted by Gasteiger charge is 2.31. The van der Waals surface area contributed by atoms with Crippen molar-refractivity contribution in [3.63, 3.8) is 0 Å². The number of benzene rings is 1. The second kappa shape index (κ2) is 9.55. The zero-order valence-corrected chi connectivity index (χ0v) is 18.2. The van der Waals surface area contributed by atoms with Crippen LogP contribution in [-0.4, -0.2) is 62.9 Å². The Morgan fingerprint density at radius 1 is 1.07 bits per heavy atom. The molecule has 4 rings (SSSR count). The van der Waals surface area contributed by atoms with Crippen molar-refractivity contribution in [3.8, 4) is 11.5 Å². The van der Waals surface area contributed by atoms with E-state index < -0.39 is 0 Å². The summed E-state index contributed by atoms with van der Waals surface area (Å²) in [5.41, 5.74) is 2.52. The molecule has 2 unspecified atom stereocenters. The van der Waals surface area contributed by atoms with Gasteiger partial charge < -0.3 is 19.7 Å². The van der Waals surface area contributed by atoms with Gasteiger partial charge in [-0.25, -0.2) is 4.98 Å². The molecule has 0 aliphatic carbocycles. The summed E-state index contributed by atoms with van der Waals surface area (Å²) >= 11 is 0. The predicted octanol–water partition coefficient (Wildman–Crippen LogP) is 3.63. The number of nitrogens with zero attached hydrogens (tertiary/aromatic N) is 3. The van der Waals surface area contributed by atoms with Crippen LogP contribution in [0.4, 0.5) is 11.5 Å². The second-order valence-corrected chi connectivity index (χ2v) is 7.64. The molecule has 158 valence electrons. The molecule has 1 N–H and O–H groups in total. The highest BCUT2D eigenvalue weighted by molar-refractivity contribution is 5.85. The number of nitrogens with one attached hydrogen (secondary N) is 1. The number of piperazine rings is 1. The molecule has 0 radical (unpaired) electrons. The Bertz CT molecular complexity index is 797. The van der Waals surface area contributed by atoms with Crippen molar-refractivity contribution < 1.29 is 9.47 Å². The van der Waals surface area contributed by atoms with Gasteiger partial charge in [0, 0.05) is 56.1 Å². The van der Waals surface area contributed by atoms with Crippen LogP contribution in [0.25, 0.3) is 0 Å². The Morgan fingerprint density at radius 3 is 2.45 bits per heavy atom. The van der Waals surface area contributed by atoms with Crippen molar-refractivity contribution in [1.82, 2.24) is 9.88 Å². The number of fused-ring (bicyclic) bond motifs is 1. The number of halogens is 1. The van der Waals surface area contributed by atoms with Crippen LogP contribution in [0.5, 0.6) is 11.5 Å². The predicted molar refractivity (Wildman–Crippen MR) is 120 cm³/mol. The average molecular weight is 419 g/mol. The topological polar surface area (TPSA) is 49.9 Å². The maximum atomic E-state index is 5.52. The molecule has 0 spiro atoms. The fraction of sp³-hybridized carbons (Fsp3) is 0.500. The fourth-order valence-electron chi connectivity index (χ4n) is 4.41. The third kappa shape index (κ3) is 4.54. The number of anilines is 2. The van der Waals surface area contributed by atoms with E-state index in [2.05, 4.69) is 51.3 Å². The first-order chi connectivity index (χ1) is 13.7. The van der Waals surface area contributed by atoms with Crippen LogP contribution in [0.3, 0.4) is 0 Å². The molecule has 3 heterocycles. The Labute approximate surface area is 179 Å². The van der Waals surface area contributed by atoms with Crippen LogP contribution in [0, 0.1) is 0 Å². The molecule has 1 saturated heterocycles. The summed E-state index contributed by atoms with van der Waals surface area (Å²) in [6, 6.07) is 10.8. The zero-order chi connectivity index (χ0) is 19.5. The fourth-order valence-corrected chi connectivity index (χ4v) is 4.41. The smallest absolute Gasteiger partial charge is 0.162 e. The Kier molecular flexibility index (Phi) is 7.09. The highest BCUT2D eigenvalue weighted by Crippen LogP contribution is 2.44. The number of pyridine rings is 1. The van der Waals surface area contributed by atoms with Gasteiger partial charge in [-0.05, 0) is 43.7 Å². The summed E-state index contributed by atoms with van der Waals surface area (Å²) in [6.07, 6.45) is 3.01. The lowest BCUT2D eigenvalue weighted by atomic mass is 9.92. The van der Waals surface area contributed by atoms with E-state index in [1.165, 1.54) is 11.3 Å². The van der Waals surface area contributed by atoms with Crippen molar-refractivity contribution in [2.24, 2.45) is 0 Å². The summed E-state index contributed by atoms with van der Waals surface area (Å²) in [5, 5.41) is 3.62. The third-order valence-electron chi connectivity index (χ3n) is 6.04. The van der Waals surface area contributed by atoms with Crippen LogP contribution in [0.2, 0.25) is 0 Å². The molecule has 29 heavy (non-hydrogen) atoms. The SMILES string of the molecule is COc1cc2c(cc1OC)C(CCN1CCN(c3ccccn3)CC1)C(C)N2.Cl. The summed E-state index contributed by atoms with van der Waals surface area (Å²) < 4.78 is 11.0. The standard InChI is InChI=1S/C22H30N4O2.ClH/c1-16-17(18-14-20(27-2)21(28-3)15-19(18)24-16)7-9-25-10-12-26(13-11-25)22-6-4-5-8-23-22;/h4-6,8,14-17,24H,7,9-13H2,1-3H3;1H. The van der Waals surface area contributed by atoms with Crippen molar-refractivity contribution >= 4 is 23.9 Å². The first kappa shape index (κ1) is 21.5. The van der Waals surface area contributed by atoms with Gasteiger partial charge in [0.15, 0.2) is 11.5 Å². The van der Waals surface area contributed by atoms with Crippen molar-refractivity contribution in [3.05, 3.63) is 42.1 Å². The molecule has 0 bridgehead atoms. The van der Waals surface area contributed by atoms with Gasteiger partial charge in [0.1, 0.15) is 5.82 Å². The quantitative estimate of drug-likeness (QED) is 0.773. The molecule has 0 saturated carbocycles. The maximum Gasteiger partial charge on any atom is 0.162 e. The van der Waals surface area contributed by atoms with Gasteiger partial charge >= 0.3 is 0 Å². The van der Waals surface area contributed by atoms with E-state index in [-0.39, 0.29) is 12.4 Å². The van der Waals surface area contributed by atoms with Crippen molar-refractivity contribution in [2.45, 2.75) is 25.3 Å². The number of methoxy groups -OCH3 is 2. The molecule has 2 aromatic rings. The van der Waals surface area contributed by atoms with E-state index in [4.69, 9.17) is 9.47 Å². The van der Waals surface area contributed by atoms with Gasteiger partial charge in [-0.15, -0.1) is 12.4 Å². The van der Waals surface area contributed by atoms with Crippen LogP contribution >= 0.6 is 12.4 Å². The van der Waals surface area contributed by atoms with E-state index in [1.54, 1.807) is 14.2 Å². The van der Waals surface area contributed by atoms with Gasteiger partial charge in [0.25, 0.3) is 0 Å². The lowest BCUT2D eigenvalue weighted by Crippen LogP contribution is -2.47. The Hall–Kier alpha value is -2.18. The molecule has 2 aliphatic rings. The van der Waals surface area contributed by atoms with E-state index >= 15 is 0 Å². The molecule has 1 fully saturated rings. The van der Waals surface area contributed by atoms with E-state index in [9.17, 15) is 0 Å². The van der Waals surface area contributed by atoms with Gasteiger partial charge in [-0.1, -0.05) is 6.07 Å². The number of aromatic nitrogens is 1. The van der Waals surface area contributed by atoms with E-state index in [1.807, 2.05) is 12.3 Å². The average Bonchev–Trinajstić information content (AvgIpc) is 3.06. The number of rotatable bonds is 6. The molecule has 1 aromatic heterocycles. The minimum atomic E-state index is 0. The van der Waals surface area contributed by atoms with Gasteiger partial charge in [-0.2, -0.15) is 0 Å². The number of hydrogen-bond donors (Lipinski definition) is 1. The van der Waals surface area contributed by atoms with Gasteiger partial charge in [-0.3, -0.25) is 4.90 Å². The lowest BCUT2D eigenvalue weighted by molar-refractivity contribution is 0.246. The monoisotopic (exact) mass is 418 g/mol. The van der Waals surface area contributed by atoms with E-state index in [0.717, 1.165) is 56.5 Å². The Morgan fingerprint density at radius 2 is 1.79 bits per heavy atom. The van der Waals surface area contributed by atoms with Gasteiger partial charge in [0.2, 0.25) is 0 Å². The van der Waals surface area contributed by atoms with Crippen LogP contribution in [0.1, 0.15) is 24.8 Å². The maximum absolute atomic E-state index is 5.52. The molecule has 2 atom stereocenters. The molecule has 7 heteroatoms. The highest BCUT2D eigenvalue weighted by atomic mass is 35.5. The molecule has 1 aromatic carbocycles. The molecule has 6 nitrogen and oxygen atoms in total. The van der Waals surface area contributed by atoms with E-state index in [0.29, 0.717) is 12.0 Å². The van der Waals surface area contributed by atoms with Crippen molar-refractivity contribution in [1.29, 1.82) is 0 Å². The van der Waals surface area contributed by atoms with Crippen LogP contribution in [0.15, 0.2) is 36.5 Å². The minimum absolute atomic E-state index is 0. The summed E-state index contributed by atoms with van der Waals surface area (Å²) in [5.74, 6) is 3.17. The first-order valence-electron chi connectivity index (χ1n) is 10.1. The number of ether oxygens (including phenoxy) is 2. The Balaban J connectivity index is 0.00000240.